The van der Waals surface area contributed by atoms with Crippen molar-refractivity contribution in [2.45, 2.75) is 32.2 Å². The molecule has 1 N–H and O–H groups in total. The van der Waals surface area contributed by atoms with E-state index < -0.39 is 0 Å². The lowest BCUT2D eigenvalue weighted by atomic mass is 10.1. The minimum absolute atomic E-state index is 0.135. The number of ether oxygens (including phenoxy) is 1. The second-order valence-electron chi connectivity index (χ2n) is 4.36. The van der Waals surface area contributed by atoms with Gasteiger partial charge in [-0.05, 0) is 25.2 Å². The second kappa shape index (κ2) is 3.66. The fourth-order valence-corrected chi connectivity index (χ4v) is 2.04. The van der Waals surface area contributed by atoms with Crippen molar-refractivity contribution in [3.05, 3.63) is 0 Å². The SMILES string of the molecule is CC1CCC(NC(=O)C2COC2)C1. The molecule has 0 aromatic rings. The molecule has 0 aromatic heterocycles. The number of carbonyl (C=O) groups is 1. The number of rotatable bonds is 2. The molecule has 2 fully saturated rings. The summed E-state index contributed by atoms with van der Waals surface area (Å²) in [5.74, 6) is 1.11. The Morgan fingerprint density at radius 1 is 1.38 bits per heavy atom. The standard InChI is InChI=1S/C10H17NO2/c1-7-2-3-9(4-7)11-10(12)8-5-13-6-8/h7-9H,2-6H2,1H3,(H,11,12). The first-order valence-electron chi connectivity index (χ1n) is 5.14. The van der Waals surface area contributed by atoms with Crippen molar-refractivity contribution in [3.63, 3.8) is 0 Å². The maximum absolute atomic E-state index is 11.5. The fraction of sp³-hybridized carbons (Fsp3) is 0.900. The van der Waals surface area contributed by atoms with E-state index >= 15 is 0 Å². The van der Waals surface area contributed by atoms with Crippen molar-refractivity contribution >= 4 is 5.91 Å². The van der Waals surface area contributed by atoms with E-state index in [1.165, 1.54) is 6.42 Å². The van der Waals surface area contributed by atoms with Gasteiger partial charge in [-0.2, -0.15) is 0 Å². The molecule has 13 heavy (non-hydrogen) atoms. The molecule has 2 unspecified atom stereocenters. The lowest BCUT2D eigenvalue weighted by molar-refractivity contribution is -0.139. The molecule has 74 valence electrons. The van der Waals surface area contributed by atoms with E-state index in [9.17, 15) is 4.79 Å². The summed E-state index contributed by atoms with van der Waals surface area (Å²) >= 11 is 0. The molecule has 2 aliphatic rings. The van der Waals surface area contributed by atoms with Crippen molar-refractivity contribution in [1.29, 1.82) is 0 Å². The average Bonchev–Trinajstić information content (AvgIpc) is 2.31. The van der Waals surface area contributed by atoms with Crippen LogP contribution in [0.4, 0.5) is 0 Å². The smallest absolute Gasteiger partial charge is 0.228 e. The Balaban J connectivity index is 1.74. The zero-order valence-corrected chi connectivity index (χ0v) is 8.08. The summed E-state index contributed by atoms with van der Waals surface area (Å²) in [6.07, 6.45) is 3.56. The molecule has 1 saturated heterocycles. The van der Waals surface area contributed by atoms with Gasteiger partial charge in [0.05, 0.1) is 19.1 Å². The Hall–Kier alpha value is -0.570. The molecule has 2 atom stereocenters. The van der Waals surface area contributed by atoms with Crippen LogP contribution in [0.25, 0.3) is 0 Å². The number of carbonyl (C=O) groups excluding carboxylic acids is 1. The van der Waals surface area contributed by atoms with Gasteiger partial charge in [-0.15, -0.1) is 0 Å². The van der Waals surface area contributed by atoms with E-state index in [1.54, 1.807) is 0 Å². The van der Waals surface area contributed by atoms with Gasteiger partial charge >= 0.3 is 0 Å². The quantitative estimate of drug-likeness (QED) is 0.692. The van der Waals surface area contributed by atoms with E-state index in [4.69, 9.17) is 4.74 Å². The van der Waals surface area contributed by atoms with Crippen LogP contribution >= 0.6 is 0 Å². The maximum Gasteiger partial charge on any atom is 0.228 e. The van der Waals surface area contributed by atoms with Gasteiger partial charge in [-0.25, -0.2) is 0 Å². The van der Waals surface area contributed by atoms with E-state index in [2.05, 4.69) is 12.2 Å². The second-order valence-corrected chi connectivity index (χ2v) is 4.36. The van der Waals surface area contributed by atoms with Gasteiger partial charge in [0.2, 0.25) is 5.91 Å². The van der Waals surface area contributed by atoms with Gasteiger partial charge in [0.25, 0.3) is 0 Å². The zero-order valence-electron chi connectivity index (χ0n) is 8.08. The van der Waals surface area contributed by atoms with Gasteiger partial charge in [0, 0.05) is 6.04 Å². The van der Waals surface area contributed by atoms with Crippen LogP contribution in [0.1, 0.15) is 26.2 Å². The molecule has 1 aliphatic carbocycles. The summed E-state index contributed by atoms with van der Waals surface area (Å²) in [5.41, 5.74) is 0. The summed E-state index contributed by atoms with van der Waals surface area (Å²) in [6.45, 7) is 3.49. The van der Waals surface area contributed by atoms with E-state index in [-0.39, 0.29) is 11.8 Å². The molecular weight excluding hydrogens is 166 g/mol. The monoisotopic (exact) mass is 183 g/mol. The topological polar surface area (TPSA) is 38.3 Å². The highest BCUT2D eigenvalue weighted by atomic mass is 16.5. The lowest BCUT2D eigenvalue weighted by Gasteiger charge is -2.26. The normalized spacial score (nSPS) is 34.2. The van der Waals surface area contributed by atoms with Crippen LogP contribution in [-0.4, -0.2) is 25.2 Å². The molecule has 3 heteroatoms. The molecule has 0 bridgehead atoms. The van der Waals surface area contributed by atoms with Crippen LogP contribution in [0, 0.1) is 11.8 Å². The third kappa shape index (κ3) is 2.02. The van der Waals surface area contributed by atoms with Gasteiger partial charge in [-0.3, -0.25) is 4.79 Å². The minimum Gasteiger partial charge on any atom is -0.380 e. The molecule has 1 aliphatic heterocycles. The van der Waals surface area contributed by atoms with E-state index in [0.29, 0.717) is 19.3 Å². The first kappa shape index (κ1) is 9.00. The number of nitrogens with one attached hydrogen (secondary N) is 1. The summed E-state index contributed by atoms with van der Waals surface area (Å²) in [5, 5.41) is 3.09. The van der Waals surface area contributed by atoms with E-state index in [1.807, 2.05) is 0 Å². The van der Waals surface area contributed by atoms with Gasteiger partial charge in [0.15, 0.2) is 0 Å². The van der Waals surface area contributed by atoms with Gasteiger partial charge in [0.1, 0.15) is 0 Å². The number of amides is 1. The average molecular weight is 183 g/mol. The first-order chi connectivity index (χ1) is 6.25. The summed E-state index contributed by atoms with van der Waals surface area (Å²) in [7, 11) is 0. The van der Waals surface area contributed by atoms with Crippen LogP contribution in [-0.2, 0) is 9.53 Å². The number of hydrogen-bond donors (Lipinski definition) is 1. The Bertz CT molecular complexity index is 201. The summed E-state index contributed by atoms with van der Waals surface area (Å²) < 4.78 is 4.98. The highest BCUT2D eigenvalue weighted by molar-refractivity contribution is 5.79. The molecular formula is C10H17NO2. The van der Waals surface area contributed by atoms with Crippen molar-refractivity contribution < 1.29 is 9.53 Å². The third-order valence-electron chi connectivity index (χ3n) is 3.05. The van der Waals surface area contributed by atoms with Crippen LogP contribution in [0.15, 0.2) is 0 Å². The van der Waals surface area contributed by atoms with Crippen molar-refractivity contribution in [3.8, 4) is 0 Å². The van der Waals surface area contributed by atoms with Crippen LogP contribution in [0.2, 0.25) is 0 Å². The zero-order chi connectivity index (χ0) is 9.26. The van der Waals surface area contributed by atoms with Gasteiger partial charge in [-0.1, -0.05) is 6.92 Å². The molecule has 0 radical (unpaired) electrons. The predicted molar refractivity (Wildman–Crippen MR) is 49.3 cm³/mol. The Morgan fingerprint density at radius 3 is 2.62 bits per heavy atom. The Morgan fingerprint density at radius 2 is 2.15 bits per heavy atom. The predicted octanol–water partition coefficient (Wildman–Crippen LogP) is 0.938. The van der Waals surface area contributed by atoms with Crippen LogP contribution in [0.5, 0.6) is 0 Å². The molecule has 1 amide bonds. The highest BCUT2D eigenvalue weighted by Crippen LogP contribution is 2.25. The fourth-order valence-electron chi connectivity index (χ4n) is 2.04. The first-order valence-corrected chi connectivity index (χ1v) is 5.14. The van der Waals surface area contributed by atoms with Crippen molar-refractivity contribution in [2.24, 2.45) is 11.8 Å². The maximum atomic E-state index is 11.5. The lowest BCUT2D eigenvalue weighted by Crippen LogP contribution is -2.45. The molecule has 0 aromatic carbocycles. The highest BCUT2D eigenvalue weighted by Gasteiger charge is 2.30. The Kier molecular flexibility index (Phi) is 2.54. The molecule has 1 heterocycles. The van der Waals surface area contributed by atoms with Crippen LogP contribution < -0.4 is 5.32 Å². The third-order valence-corrected chi connectivity index (χ3v) is 3.05. The summed E-state index contributed by atoms with van der Waals surface area (Å²) in [4.78, 5) is 11.5. The molecule has 2 rings (SSSR count). The van der Waals surface area contributed by atoms with E-state index in [0.717, 1.165) is 18.8 Å². The van der Waals surface area contributed by atoms with Gasteiger partial charge < -0.3 is 10.1 Å². The molecule has 1 saturated carbocycles. The molecule has 0 spiro atoms. The number of hydrogen-bond acceptors (Lipinski definition) is 2. The van der Waals surface area contributed by atoms with Crippen molar-refractivity contribution in [1.82, 2.24) is 5.32 Å². The largest absolute Gasteiger partial charge is 0.380 e. The minimum atomic E-state index is 0.135. The molecule has 3 nitrogen and oxygen atoms in total. The van der Waals surface area contributed by atoms with Crippen molar-refractivity contribution in [2.75, 3.05) is 13.2 Å². The Labute approximate surface area is 78.8 Å². The summed E-state index contributed by atoms with van der Waals surface area (Å²) in [6, 6.07) is 0.433. The van der Waals surface area contributed by atoms with Crippen LogP contribution in [0.3, 0.4) is 0 Å².